The predicted octanol–water partition coefficient (Wildman–Crippen LogP) is 5.81. The number of hydrogen-bond donors (Lipinski definition) is 0. The summed E-state index contributed by atoms with van der Waals surface area (Å²) in [7, 11) is 3.29. The van der Waals surface area contributed by atoms with Crippen molar-refractivity contribution >= 4 is 11.0 Å². The van der Waals surface area contributed by atoms with Crippen molar-refractivity contribution in [3.05, 3.63) is 71.8 Å². The molecule has 0 saturated heterocycles. The molecule has 0 fully saturated rings. The van der Waals surface area contributed by atoms with Crippen LogP contribution in [0.4, 0.5) is 0 Å². The summed E-state index contributed by atoms with van der Waals surface area (Å²) in [6.45, 7) is 5.65. The van der Waals surface area contributed by atoms with Crippen molar-refractivity contribution in [2.75, 3.05) is 20.8 Å². The Labute approximate surface area is 183 Å². The third-order valence-corrected chi connectivity index (χ3v) is 5.63. The molecule has 0 bridgehead atoms. The Balaban J connectivity index is 1.59. The van der Waals surface area contributed by atoms with Crippen molar-refractivity contribution in [1.29, 1.82) is 0 Å². The molecule has 160 valence electrons. The van der Waals surface area contributed by atoms with Gasteiger partial charge in [-0.25, -0.2) is 4.98 Å². The molecule has 4 aromatic rings. The average Bonchev–Trinajstić information content (AvgIpc) is 3.17. The van der Waals surface area contributed by atoms with Crippen LogP contribution < -0.4 is 14.2 Å². The van der Waals surface area contributed by atoms with Gasteiger partial charge in [-0.1, -0.05) is 24.3 Å². The minimum atomic E-state index is 0.641. The molecule has 5 heteroatoms. The molecule has 31 heavy (non-hydrogen) atoms. The summed E-state index contributed by atoms with van der Waals surface area (Å²) in [6, 6.07) is 20.3. The first-order valence-electron chi connectivity index (χ1n) is 10.5. The number of fused-ring (bicyclic) bond motifs is 1. The number of aryl methyl sites for hydroxylation is 2. The second kappa shape index (κ2) is 9.13. The Hall–Kier alpha value is -3.47. The Morgan fingerprint density at radius 1 is 0.839 bits per heavy atom. The number of aromatic nitrogens is 2. The molecular weight excluding hydrogens is 388 g/mol. The fraction of sp³-hybridized carbons (Fsp3) is 0.269. The van der Waals surface area contributed by atoms with Crippen LogP contribution in [0.25, 0.3) is 22.4 Å². The first kappa shape index (κ1) is 20.8. The number of hydrogen-bond acceptors (Lipinski definition) is 4. The normalized spacial score (nSPS) is 11.0. The second-order valence-electron chi connectivity index (χ2n) is 7.55. The highest BCUT2D eigenvalue weighted by Gasteiger charge is 2.15. The summed E-state index contributed by atoms with van der Waals surface area (Å²) in [5.41, 5.74) is 5.52. The SMILES string of the molecule is COc1ccc(-c2nc3ccccc3n2CCCOc2cccc(C)c2C)cc1OC. The molecular formula is C26H28N2O3. The highest BCUT2D eigenvalue weighted by Crippen LogP contribution is 2.33. The largest absolute Gasteiger partial charge is 0.493 e. The van der Waals surface area contributed by atoms with Crippen LogP contribution in [0.1, 0.15) is 17.5 Å². The van der Waals surface area contributed by atoms with Gasteiger partial charge >= 0.3 is 0 Å². The van der Waals surface area contributed by atoms with E-state index in [-0.39, 0.29) is 0 Å². The molecule has 4 rings (SSSR count). The van der Waals surface area contributed by atoms with E-state index in [4.69, 9.17) is 19.2 Å². The molecule has 0 atom stereocenters. The van der Waals surface area contributed by atoms with E-state index in [0.29, 0.717) is 18.1 Å². The molecule has 1 aromatic heterocycles. The highest BCUT2D eigenvalue weighted by molar-refractivity contribution is 5.81. The second-order valence-corrected chi connectivity index (χ2v) is 7.55. The van der Waals surface area contributed by atoms with Gasteiger partial charge in [0.25, 0.3) is 0 Å². The van der Waals surface area contributed by atoms with E-state index in [2.05, 4.69) is 30.5 Å². The summed E-state index contributed by atoms with van der Waals surface area (Å²) in [4.78, 5) is 4.90. The van der Waals surface area contributed by atoms with Gasteiger partial charge in [0.15, 0.2) is 11.5 Å². The molecule has 0 aliphatic heterocycles. The van der Waals surface area contributed by atoms with Crippen LogP contribution in [0.5, 0.6) is 17.2 Å². The minimum Gasteiger partial charge on any atom is -0.493 e. The summed E-state index contributed by atoms with van der Waals surface area (Å²) in [5.74, 6) is 3.26. The number of ether oxygens (including phenoxy) is 3. The van der Waals surface area contributed by atoms with Gasteiger partial charge in [-0.3, -0.25) is 0 Å². The molecule has 0 aliphatic carbocycles. The van der Waals surface area contributed by atoms with E-state index in [0.717, 1.165) is 41.1 Å². The molecule has 0 amide bonds. The van der Waals surface area contributed by atoms with E-state index in [1.54, 1.807) is 14.2 Å². The first-order valence-corrected chi connectivity index (χ1v) is 10.5. The summed E-state index contributed by atoms with van der Waals surface area (Å²) in [6.07, 6.45) is 0.869. The Kier molecular flexibility index (Phi) is 6.12. The fourth-order valence-electron chi connectivity index (χ4n) is 3.78. The summed E-state index contributed by atoms with van der Waals surface area (Å²) in [5, 5.41) is 0. The van der Waals surface area contributed by atoms with Crippen molar-refractivity contribution in [2.45, 2.75) is 26.8 Å². The zero-order valence-corrected chi connectivity index (χ0v) is 18.5. The third kappa shape index (κ3) is 4.22. The van der Waals surface area contributed by atoms with E-state index in [1.165, 1.54) is 11.1 Å². The van der Waals surface area contributed by atoms with E-state index in [1.807, 2.05) is 48.5 Å². The van der Waals surface area contributed by atoms with Gasteiger partial charge in [0, 0.05) is 12.1 Å². The van der Waals surface area contributed by atoms with Crippen LogP contribution in [0.3, 0.4) is 0 Å². The number of benzene rings is 3. The molecule has 1 heterocycles. The smallest absolute Gasteiger partial charge is 0.161 e. The van der Waals surface area contributed by atoms with Gasteiger partial charge in [0.1, 0.15) is 11.6 Å². The predicted molar refractivity (Wildman–Crippen MR) is 124 cm³/mol. The zero-order valence-electron chi connectivity index (χ0n) is 18.5. The van der Waals surface area contributed by atoms with Crippen molar-refractivity contribution in [3.63, 3.8) is 0 Å². The van der Waals surface area contributed by atoms with Gasteiger partial charge in [-0.2, -0.15) is 0 Å². The van der Waals surface area contributed by atoms with Gasteiger partial charge < -0.3 is 18.8 Å². The zero-order chi connectivity index (χ0) is 21.8. The average molecular weight is 417 g/mol. The van der Waals surface area contributed by atoms with E-state index < -0.39 is 0 Å². The van der Waals surface area contributed by atoms with Crippen LogP contribution >= 0.6 is 0 Å². The van der Waals surface area contributed by atoms with Gasteiger partial charge in [0.05, 0.1) is 31.9 Å². The Morgan fingerprint density at radius 3 is 2.45 bits per heavy atom. The molecule has 0 N–H and O–H groups in total. The summed E-state index contributed by atoms with van der Waals surface area (Å²) >= 11 is 0. The number of methoxy groups -OCH3 is 2. The quantitative estimate of drug-likeness (QED) is 0.340. The standard InChI is InChI=1S/C26H28N2O3/c1-18-9-7-12-23(19(18)2)31-16-8-15-28-22-11-6-5-10-21(22)27-26(28)20-13-14-24(29-3)25(17-20)30-4/h5-7,9-14,17H,8,15-16H2,1-4H3. The lowest BCUT2D eigenvalue weighted by atomic mass is 10.1. The van der Waals surface area contributed by atoms with Gasteiger partial charge in [0.2, 0.25) is 0 Å². The number of rotatable bonds is 8. The van der Waals surface area contributed by atoms with E-state index >= 15 is 0 Å². The van der Waals surface area contributed by atoms with Crippen LogP contribution in [-0.2, 0) is 6.54 Å². The van der Waals surface area contributed by atoms with Crippen molar-refractivity contribution < 1.29 is 14.2 Å². The van der Waals surface area contributed by atoms with Gasteiger partial charge in [-0.15, -0.1) is 0 Å². The van der Waals surface area contributed by atoms with Crippen molar-refractivity contribution in [2.24, 2.45) is 0 Å². The molecule has 0 unspecified atom stereocenters. The number of nitrogens with zero attached hydrogens (tertiary/aromatic N) is 2. The lowest BCUT2D eigenvalue weighted by molar-refractivity contribution is 0.300. The molecule has 3 aromatic carbocycles. The van der Waals surface area contributed by atoms with E-state index in [9.17, 15) is 0 Å². The minimum absolute atomic E-state index is 0.641. The highest BCUT2D eigenvalue weighted by atomic mass is 16.5. The molecule has 0 radical (unpaired) electrons. The topological polar surface area (TPSA) is 45.5 Å². The maximum atomic E-state index is 6.07. The lowest BCUT2D eigenvalue weighted by Crippen LogP contribution is -2.07. The van der Waals surface area contributed by atoms with Crippen LogP contribution in [0.15, 0.2) is 60.7 Å². The lowest BCUT2D eigenvalue weighted by Gasteiger charge is -2.13. The Morgan fingerprint density at radius 2 is 1.65 bits per heavy atom. The van der Waals surface area contributed by atoms with Crippen LogP contribution in [0, 0.1) is 13.8 Å². The molecule has 0 saturated carbocycles. The number of para-hydroxylation sites is 2. The van der Waals surface area contributed by atoms with Crippen LogP contribution in [-0.4, -0.2) is 30.4 Å². The maximum absolute atomic E-state index is 6.07. The third-order valence-electron chi connectivity index (χ3n) is 5.63. The molecule has 0 spiro atoms. The van der Waals surface area contributed by atoms with Crippen molar-refractivity contribution in [3.8, 4) is 28.6 Å². The van der Waals surface area contributed by atoms with Crippen LogP contribution in [0.2, 0.25) is 0 Å². The Bertz CT molecular complexity index is 1200. The fourth-order valence-corrected chi connectivity index (χ4v) is 3.78. The monoisotopic (exact) mass is 416 g/mol. The van der Waals surface area contributed by atoms with Crippen molar-refractivity contribution in [1.82, 2.24) is 9.55 Å². The molecule has 5 nitrogen and oxygen atoms in total. The molecule has 0 aliphatic rings. The maximum Gasteiger partial charge on any atom is 0.161 e. The number of imidazole rings is 1. The first-order chi connectivity index (χ1) is 15.1. The van der Waals surface area contributed by atoms with Gasteiger partial charge in [-0.05, 0) is 67.8 Å². The summed E-state index contributed by atoms with van der Waals surface area (Å²) < 4.78 is 19.2.